The lowest BCUT2D eigenvalue weighted by molar-refractivity contribution is -0.217. The van der Waals surface area contributed by atoms with Crippen LogP contribution in [0.2, 0.25) is 10.0 Å². The molecule has 37 heavy (non-hydrogen) atoms. The molecule has 2 aliphatic heterocycles. The highest BCUT2D eigenvalue weighted by Gasteiger charge is 2.51. The van der Waals surface area contributed by atoms with Crippen LogP contribution in [0, 0.1) is 0 Å². The normalized spacial score (nSPS) is 23.1. The Morgan fingerprint density at radius 1 is 1.14 bits per heavy atom. The van der Waals surface area contributed by atoms with Gasteiger partial charge in [-0.1, -0.05) is 66.5 Å². The minimum atomic E-state index is -1.12. The average molecular weight is 575 g/mol. The molecule has 0 radical (unpaired) electrons. The van der Waals surface area contributed by atoms with E-state index in [4.69, 9.17) is 32.7 Å². The molecule has 2 aliphatic rings. The molecule has 0 aromatic heterocycles. The first-order chi connectivity index (χ1) is 16.8. The molecule has 2 aromatic rings. The summed E-state index contributed by atoms with van der Waals surface area (Å²) < 4.78 is 11.8. The van der Waals surface area contributed by atoms with E-state index in [9.17, 15) is 9.59 Å². The third kappa shape index (κ3) is 6.33. The number of piperidine rings is 1. The van der Waals surface area contributed by atoms with E-state index in [1.807, 2.05) is 43.3 Å². The van der Waals surface area contributed by atoms with Crippen molar-refractivity contribution in [3.63, 3.8) is 0 Å². The Morgan fingerprint density at radius 3 is 2.41 bits per heavy atom. The number of alkyl carbamates (subject to hydrolysis) is 1. The molecule has 0 saturated carbocycles. The first-order valence-corrected chi connectivity index (χ1v) is 12.8. The highest BCUT2D eigenvalue weighted by atomic mass is 35.5. The predicted octanol–water partition coefficient (Wildman–Crippen LogP) is 4.62. The Balaban J connectivity index is 0.00000241. The van der Waals surface area contributed by atoms with Gasteiger partial charge in [0, 0.05) is 19.6 Å². The van der Waals surface area contributed by atoms with Gasteiger partial charge in [-0.05, 0) is 49.4 Å². The summed E-state index contributed by atoms with van der Waals surface area (Å²) in [5.41, 5.74) is 0.160. The molecule has 2 atom stereocenters. The summed E-state index contributed by atoms with van der Waals surface area (Å²) in [6, 6.07) is 15.3. The molecule has 11 heteroatoms. The zero-order valence-corrected chi connectivity index (χ0v) is 23.2. The van der Waals surface area contributed by atoms with Crippen LogP contribution in [-0.4, -0.2) is 54.3 Å². The van der Waals surface area contributed by atoms with Crippen molar-refractivity contribution < 1.29 is 24.5 Å². The highest BCUT2D eigenvalue weighted by Crippen LogP contribution is 2.40. The Kier molecular flexibility index (Phi) is 11.1. The number of benzene rings is 2. The molecule has 0 spiro atoms. The van der Waals surface area contributed by atoms with E-state index in [0.29, 0.717) is 55.5 Å². The van der Waals surface area contributed by atoms with Gasteiger partial charge in [-0.15, -0.1) is 12.4 Å². The standard InChI is InChI=1S/C26H31Cl2N3O4.ClH.H2O/c1-3-26(23(32)29-17-22(35-26)18-10-11-20(27)21(28)16-18)31-14-12-25(13-15-31,30-24(33)34-4-2)19-8-6-5-7-9-19;;/h5-11,16,22H,3-4,12-15,17H2,1-2H3,(H,29,32)(H,30,33);1H;1H2. The number of carbonyl (C=O) groups excluding carboxylic acids is 2. The number of hydrogen-bond donors (Lipinski definition) is 2. The predicted molar refractivity (Wildman–Crippen MR) is 146 cm³/mol. The van der Waals surface area contributed by atoms with E-state index in [0.717, 1.165) is 11.1 Å². The molecule has 2 aromatic carbocycles. The van der Waals surface area contributed by atoms with Crippen molar-refractivity contribution in [2.45, 2.75) is 50.5 Å². The quantitative estimate of drug-likeness (QED) is 0.523. The number of morpholine rings is 1. The topological polar surface area (TPSA) is 111 Å². The molecule has 2 unspecified atom stereocenters. The molecular weight excluding hydrogens is 541 g/mol. The van der Waals surface area contributed by atoms with Crippen molar-refractivity contribution in [3.8, 4) is 0 Å². The second-order valence-electron chi connectivity index (χ2n) is 8.91. The number of carbonyl (C=O) groups is 2. The van der Waals surface area contributed by atoms with Gasteiger partial charge in [0.1, 0.15) is 6.10 Å². The van der Waals surface area contributed by atoms with Crippen LogP contribution in [0.4, 0.5) is 4.79 Å². The molecule has 4 rings (SSSR count). The van der Waals surface area contributed by atoms with E-state index in [1.165, 1.54) is 0 Å². The van der Waals surface area contributed by atoms with Gasteiger partial charge in [0.15, 0.2) is 0 Å². The maximum Gasteiger partial charge on any atom is 0.407 e. The first-order valence-electron chi connectivity index (χ1n) is 12.0. The van der Waals surface area contributed by atoms with Crippen LogP contribution >= 0.6 is 35.6 Å². The van der Waals surface area contributed by atoms with Crippen molar-refractivity contribution in [1.29, 1.82) is 0 Å². The van der Waals surface area contributed by atoms with E-state index in [-0.39, 0.29) is 29.9 Å². The molecule has 0 aliphatic carbocycles. The third-order valence-electron chi connectivity index (χ3n) is 7.01. The van der Waals surface area contributed by atoms with E-state index >= 15 is 0 Å². The van der Waals surface area contributed by atoms with Crippen LogP contribution in [0.1, 0.15) is 50.3 Å². The Bertz CT molecular complexity index is 1070. The number of hydrogen-bond acceptors (Lipinski definition) is 5. The fraction of sp³-hybridized carbons (Fsp3) is 0.462. The van der Waals surface area contributed by atoms with Crippen LogP contribution in [0.25, 0.3) is 0 Å². The number of likely N-dealkylation sites (tertiary alicyclic amines) is 1. The van der Waals surface area contributed by atoms with Gasteiger partial charge < -0.3 is 25.6 Å². The van der Waals surface area contributed by atoms with Crippen LogP contribution in [-0.2, 0) is 19.8 Å². The summed E-state index contributed by atoms with van der Waals surface area (Å²) in [6.45, 7) is 5.49. The van der Waals surface area contributed by atoms with E-state index in [1.54, 1.807) is 19.1 Å². The van der Waals surface area contributed by atoms with Crippen molar-refractivity contribution in [1.82, 2.24) is 15.5 Å². The lowest BCUT2D eigenvalue weighted by Crippen LogP contribution is -2.67. The van der Waals surface area contributed by atoms with Gasteiger partial charge in [0.2, 0.25) is 5.72 Å². The molecule has 2 heterocycles. The molecule has 0 bridgehead atoms. The molecule has 2 amide bonds. The van der Waals surface area contributed by atoms with Gasteiger partial charge in [0.25, 0.3) is 5.91 Å². The van der Waals surface area contributed by atoms with Gasteiger partial charge in [-0.3, -0.25) is 9.69 Å². The van der Waals surface area contributed by atoms with Crippen LogP contribution in [0.3, 0.4) is 0 Å². The number of nitrogens with zero attached hydrogens (tertiary/aromatic N) is 1. The molecular formula is C26H34Cl3N3O5. The Hall–Kier alpha value is -2.07. The smallest absolute Gasteiger partial charge is 0.407 e. The lowest BCUT2D eigenvalue weighted by atomic mass is 9.80. The van der Waals surface area contributed by atoms with Crippen molar-refractivity contribution in [2.75, 3.05) is 26.2 Å². The van der Waals surface area contributed by atoms with Crippen molar-refractivity contribution in [3.05, 3.63) is 69.7 Å². The van der Waals surface area contributed by atoms with E-state index < -0.39 is 17.4 Å². The summed E-state index contributed by atoms with van der Waals surface area (Å²) in [5, 5.41) is 7.06. The number of nitrogens with one attached hydrogen (secondary N) is 2. The largest absolute Gasteiger partial charge is 0.450 e. The summed E-state index contributed by atoms with van der Waals surface area (Å²) in [6.07, 6.45) is 0.875. The lowest BCUT2D eigenvalue weighted by Gasteiger charge is -2.51. The Labute approximate surface area is 233 Å². The fourth-order valence-electron chi connectivity index (χ4n) is 5.09. The Morgan fingerprint density at radius 2 is 1.81 bits per heavy atom. The monoisotopic (exact) mass is 573 g/mol. The van der Waals surface area contributed by atoms with Gasteiger partial charge in [0.05, 0.1) is 22.2 Å². The summed E-state index contributed by atoms with van der Waals surface area (Å²) in [7, 11) is 0. The number of amides is 2. The minimum Gasteiger partial charge on any atom is -0.450 e. The zero-order valence-electron chi connectivity index (χ0n) is 20.9. The van der Waals surface area contributed by atoms with E-state index in [2.05, 4.69) is 15.5 Å². The fourth-order valence-corrected chi connectivity index (χ4v) is 5.40. The van der Waals surface area contributed by atoms with Crippen LogP contribution < -0.4 is 10.6 Å². The molecule has 204 valence electrons. The summed E-state index contributed by atoms with van der Waals surface area (Å²) in [5.74, 6) is -0.151. The maximum atomic E-state index is 13.2. The SMILES string of the molecule is CCOC(=O)NC1(c2ccccc2)CCN(C2(CC)OC(c3ccc(Cl)c(Cl)c3)CNC2=O)CC1.Cl.O. The minimum absolute atomic E-state index is 0. The second-order valence-corrected chi connectivity index (χ2v) is 9.72. The van der Waals surface area contributed by atoms with Crippen LogP contribution in [0.15, 0.2) is 48.5 Å². The van der Waals surface area contributed by atoms with Crippen molar-refractivity contribution in [2.24, 2.45) is 0 Å². The average Bonchev–Trinajstić information content (AvgIpc) is 2.87. The zero-order chi connectivity index (χ0) is 25.1. The van der Waals surface area contributed by atoms with Crippen molar-refractivity contribution >= 4 is 47.6 Å². The second kappa shape index (κ2) is 13.1. The van der Waals surface area contributed by atoms with Crippen LogP contribution in [0.5, 0.6) is 0 Å². The molecule has 2 saturated heterocycles. The number of halogens is 3. The van der Waals surface area contributed by atoms with Gasteiger partial charge >= 0.3 is 6.09 Å². The maximum absolute atomic E-state index is 13.2. The molecule has 2 fully saturated rings. The first kappa shape index (κ1) is 31.1. The highest BCUT2D eigenvalue weighted by molar-refractivity contribution is 6.42. The van der Waals surface area contributed by atoms with Gasteiger partial charge in [-0.25, -0.2) is 4.79 Å². The molecule has 4 N–H and O–H groups in total. The van der Waals surface area contributed by atoms with Gasteiger partial charge in [-0.2, -0.15) is 0 Å². The third-order valence-corrected chi connectivity index (χ3v) is 7.74. The summed E-state index contributed by atoms with van der Waals surface area (Å²) >= 11 is 12.3. The number of rotatable bonds is 6. The molecule has 8 nitrogen and oxygen atoms in total. The summed E-state index contributed by atoms with van der Waals surface area (Å²) in [4.78, 5) is 27.7. The number of ether oxygens (including phenoxy) is 2.